The van der Waals surface area contributed by atoms with Gasteiger partial charge in [0, 0.05) is 6.04 Å². The first-order valence-electron chi connectivity index (χ1n) is 7.52. The van der Waals surface area contributed by atoms with Crippen molar-refractivity contribution in [1.82, 2.24) is 5.32 Å². The second-order valence-corrected chi connectivity index (χ2v) is 6.06. The van der Waals surface area contributed by atoms with Crippen molar-refractivity contribution in [2.24, 2.45) is 17.8 Å². The van der Waals surface area contributed by atoms with E-state index in [1.54, 1.807) is 0 Å². The predicted molar refractivity (Wildman–Crippen MR) is 70.5 cm³/mol. The van der Waals surface area contributed by atoms with Gasteiger partial charge in [-0.2, -0.15) is 0 Å². The van der Waals surface area contributed by atoms with E-state index in [4.69, 9.17) is 0 Å². The van der Waals surface area contributed by atoms with E-state index in [1.165, 1.54) is 57.8 Å². The van der Waals surface area contributed by atoms with E-state index in [9.17, 15) is 0 Å². The molecular formula is C15H29N. The molecule has 3 unspecified atom stereocenters. The van der Waals surface area contributed by atoms with Crippen LogP contribution in [0.4, 0.5) is 0 Å². The van der Waals surface area contributed by atoms with Crippen molar-refractivity contribution in [3.8, 4) is 0 Å². The quantitative estimate of drug-likeness (QED) is 0.760. The van der Waals surface area contributed by atoms with E-state index < -0.39 is 0 Å². The molecule has 0 radical (unpaired) electrons. The van der Waals surface area contributed by atoms with E-state index in [0.717, 1.165) is 23.8 Å². The van der Waals surface area contributed by atoms with Gasteiger partial charge in [-0.3, -0.25) is 0 Å². The molecule has 3 atom stereocenters. The van der Waals surface area contributed by atoms with Crippen molar-refractivity contribution in [3.63, 3.8) is 0 Å². The number of nitrogens with one attached hydrogen (secondary N) is 1. The molecular weight excluding hydrogens is 194 g/mol. The third-order valence-corrected chi connectivity index (χ3v) is 5.15. The molecule has 0 saturated heterocycles. The summed E-state index contributed by atoms with van der Waals surface area (Å²) in [6, 6.07) is 0.830. The number of hydrogen-bond acceptors (Lipinski definition) is 1. The molecule has 2 aliphatic rings. The van der Waals surface area contributed by atoms with E-state index in [1.807, 2.05) is 0 Å². The summed E-state index contributed by atoms with van der Waals surface area (Å²) in [6.45, 7) is 2.37. The van der Waals surface area contributed by atoms with Crippen molar-refractivity contribution in [1.29, 1.82) is 0 Å². The topological polar surface area (TPSA) is 12.0 Å². The maximum absolute atomic E-state index is 3.66. The van der Waals surface area contributed by atoms with Crippen LogP contribution in [0.1, 0.15) is 64.7 Å². The molecule has 0 aromatic carbocycles. The van der Waals surface area contributed by atoms with Gasteiger partial charge < -0.3 is 5.32 Å². The predicted octanol–water partition coefficient (Wildman–Crippen LogP) is 3.98. The molecule has 16 heavy (non-hydrogen) atoms. The van der Waals surface area contributed by atoms with Gasteiger partial charge in [-0.15, -0.1) is 0 Å². The zero-order valence-corrected chi connectivity index (χ0v) is 11.2. The van der Waals surface area contributed by atoms with Crippen LogP contribution in [0, 0.1) is 17.8 Å². The summed E-state index contributed by atoms with van der Waals surface area (Å²) in [4.78, 5) is 0. The molecule has 2 saturated carbocycles. The van der Waals surface area contributed by atoms with Crippen molar-refractivity contribution >= 4 is 0 Å². The van der Waals surface area contributed by atoms with Gasteiger partial charge >= 0.3 is 0 Å². The van der Waals surface area contributed by atoms with Crippen LogP contribution in [-0.2, 0) is 0 Å². The molecule has 1 N–H and O–H groups in total. The maximum atomic E-state index is 3.66. The molecule has 94 valence electrons. The van der Waals surface area contributed by atoms with Gasteiger partial charge in [0.15, 0.2) is 0 Å². The smallest absolute Gasteiger partial charge is 0.0121 e. The molecule has 1 nitrogen and oxygen atoms in total. The minimum atomic E-state index is 0.830. The van der Waals surface area contributed by atoms with E-state index >= 15 is 0 Å². The summed E-state index contributed by atoms with van der Waals surface area (Å²) in [5.41, 5.74) is 0. The van der Waals surface area contributed by atoms with Crippen molar-refractivity contribution in [2.45, 2.75) is 70.8 Å². The first-order valence-corrected chi connectivity index (χ1v) is 7.52. The van der Waals surface area contributed by atoms with Gasteiger partial charge in [0.25, 0.3) is 0 Å². The Morgan fingerprint density at radius 1 is 1.00 bits per heavy atom. The molecule has 0 aromatic rings. The van der Waals surface area contributed by atoms with Crippen LogP contribution in [0.15, 0.2) is 0 Å². The Hall–Kier alpha value is -0.0400. The van der Waals surface area contributed by atoms with Crippen molar-refractivity contribution in [2.75, 3.05) is 7.05 Å². The lowest BCUT2D eigenvalue weighted by Crippen LogP contribution is -2.41. The summed E-state index contributed by atoms with van der Waals surface area (Å²) in [7, 11) is 2.19. The molecule has 0 spiro atoms. The average molecular weight is 223 g/mol. The van der Waals surface area contributed by atoms with Gasteiger partial charge in [0.2, 0.25) is 0 Å². The zero-order chi connectivity index (χ0) is 11.4. The number of hydrogen-bond donors (Lipinski definition) is 1. The SMILES string of the molecule is CCC1CCCC(C(NC)C2CCCC2)C1. The Bertz CT molecular complexity index is 196. The lowest BCUT2D eigenvalue weighted by atomic mass is 9.73. The van der Waals surface area contributed by atoms with Gasteiger partial charge in [-0.05, 0) is 50.5 Å². The Balaban J connectivity index is 1.91. The normalized spacial score (nSPS) is 34.1. The van der Waals surface area contributed by atoms with Crippen molar-refractivity contribution < 1.29 is 0 Å². The lowest BCUT2D eigenvalue weighted by molar-refractivity contribution is 0.174. The monoisotopic (exact) mass is 223 g/mol. The molecule has 2 rings (SSSR count). The van der Waals surface area contributed by atoms with Crippen LogP contribution in [0.2, 0.25) is 0 Å². The molecule has 2 aliphatic carbocycles. The van der Waals surface area contributed by atoms with Crippen LogP contribution in [-0.4, -0.2) is 13.1 Å². The lowest BCUT2D eigenvalue weighted by Gasteiger charge is -2.37. The second-order valence-electron chi connectivity index (χ2n) is 6.06. The van der Waals surface area contributed by atoms with Gasteiger partial charge in [0.05, 0.1) is 0 Å². The van der Waals surface area contributed by atoms with Crippen LogP contribution in [0.5, 0.6) is 0 Å². The molecule has 2 fully saturated rings. The van der Waals surface area contributed by atoms with E-state index in [2.05, 4.69) is 19.3 Å². The van der Waals surface area contributed by atoms with Gasteiger partial charge in [-0.25, -0.2) is 0 Å². The number of rotatable bonds is 4. The molecule has 0 aromatic heterocycles. The van der Waals surface area contributed by atoms with Crippen LogP contribution in [0.25, 0.3) is 0 Å². The Kier molecular flexibility index (Phi) is 4.69. The highest BCUT2D eigenvalue weighted by atomic mass is 14.9. The summed E-state index contributed by atoms with van der Waals surface area (Å²) >= 11 is 0. The minimum Gasteiger partial charge on any atom is -0.316 e. The summed E-state index contributed by atoms with van der Waals surface area (Å²) in [6.07, 6.45) is 13.3. The fourth-order valence-electron chi connectivity index (χ4n) is 4.20. The van der Waals surface area contributed by atoms with Gasteiger partial charge in [0.1, 0.15) is 0 Å². The van der Waals surface area contributed by atoms with Crippen LogP contribution < -0.4 is 5.32 Å². The highest BCUT2D eigenvalue weighted by molar-refractivity contribution is 4.88. The average Bonchev–Trinajstić information content (AvgIpc) is 2.84. The highest BCUT2D eigenvalue weighted by Gasteiger charge is 2.33. The summed E-state index contributed by atoms with van der Waals surface area (Å²) in [5.74, 6) is 2.99. The summed E-state index contributed by atoms with van der Waals surface area (Å²) < 4.78 is 0. The first kappa shape index (κ1) is 12.4. The highest BCUT2D eigenvalue weighted by Crippen LogP contribution is 2.38. The molecule has 0 aliphatic heterocycles. The fraction of sp³-hybridized carbons (Fsp3) is 1.00. The third-order valence-electron chi connectivity index (χ3n) is 5.15. The maximum Gasteiger partial charge on any atom is 0.0121 e. The van der Waals surface area contributed by atoms with E-state index in [-0.39, 0.29) is 0 Å². The summed E-state index contributed by atoms with van der Waals surface area (Å²) in [5, 5.41) is 3.66. The molecule has 1 heteroatoms. The Morgan fingerprint density at radius 3 is 2.31 bits per heavy atom. The Morgan fingerprint density at radius 2 is 1.69 bits per heavy atom. The molecule has 0 bridgehead atoms. The first-order chi connectivity index (χ1) is 7.85. The molecule has 0 amide bonds. The van der Waals surface area contributed by atoms with Crippen LogP contribution in [0.3, 0.4) is 0 Å². The zero-order valence-electron chi connectivity index (χ0n) is 11.2. The van der Waals surface area contributed by atoms with Crippen molar-refractivity contribution in [3.05, 3.63) is 0 Å². The molecule has 0 heterocycles. The minimum absolute atomic E-state index is 0.830. The van der Waals surface area contributed by atoms with E-state index in [0.29, 0.717) is 0 Å². The fourth-order valence-corrected chi connectivity index (χ4v) is 4.20. The largest absolute Gasteiger partial charge is 0.316 e. The Labute approximate surface area is 101 Å². The second kappa shape index (κ2) is 6.05. The standard InChI is InChI=1S/C15H29N/c1-3-12-7-6-10-14(11-12)15(16-2)13-8-4-5-9-13/h12-16H,3-11H2,1-2H3. The third kappa shape index (κ3) is 2.80. The van der Waals surface area contributed by atoms with Crippen LogP contribution >= 0.6 is 0 Å². The van der Waals surface area contributed by atoms with Gasteiger partial charge in [-0.1, -0.05) is 39.0 Å².